The van der Waals surface area contributed by atoms with Crippen LogP contribution in [-0.4, -0.2) is 37.2 Å². The van der Waals surface area contributed by atoms with Crippen LogP contribution >= 0.6 is 0 Å². The molecule has 21 heavy (non-hydrogen) atoms. The molecule has 0 saturated carbocycles. The minimum Gasteiger partial charge on any atom is -0.454 e. The van der Waals surface area contributed by atoms with Gasteiger partial charge in [0.2, 0.25) is 12.7 Å². The lowest BCUT2D eigenvalue weighted by Crippen LogP contribution is -2.42. The zero-order valence-electron chi connectivity index (χ0n) is 12.2. The first kappa shape index (κ1) is 14.2. The Morgan fingerprint density at radius 2 is 1.95 bits per heavy atom. The van der Waals surface area contributed by atoms with Crippen LogP contribution in [0.3, 0.4) is 0 Å². The summed E-state index contributed by atoms with van der Waals surface area (Å²) in [6.45, 7) is 2.39. The van der Waals surface area contributed by atoms with Crippen molar-refractivity contribution >= 4 is 5.91 Å². The number of carbonyl (C=O) groups is 1. The fraction of sp³-hybridized carbons (Fsp3) is 0.562. The van der Waals surface area contributed by atoms with Gasteiger partial charge in [-0.2, -0.15) is 0 Å². The van der Waals surface area contributed by atoms with Crippen LogP contribution in [0.5, 0.6) is 11.5 Å². The topological polar surface area (TPSA) is 64.8 Å². The van der Waals surface area contributed by atoms with Crippen LogP contribution in [0.4, 0.5) is 0 Å². The smallest absolute Gasteiger partial charge is 0.231 e. The van der Waals surface area contributed by atoms with Crippen molar-refractivity contribution in [2.24, 2.45) is 11.7 Å². The second-order valence-corrected chi connectivity index (χ2v) is 5.71. The second-order valence-electron chi connectivity index (χ2n) is 5.71. The molecule has 1 aromatic rings. The number of piperidine rings is 1. The molecule has 1 unspecified atom stereocenters. The summed E-state index contributed by atoms with van der Waals surface area (Å²) in [6, 6.07) is 5.84. The van der Waals surface area contributed by atoms with Crippen molar-refractivity contribution in [1.29, 1.82) is 0 Å². The Morgan fingerprint density at radius 3 is 2.71 bits per heavy atom. The van der Waals surface area contributed by atoms with Crippen molar-refractivity contribution in [3.05, 3.63) is 23.8 Å². The number of fused-ring (bicyclic) bond motifs is 1. The molecule has 0 radical (unpaired) electrons. The number of hydrogen-bond acceptors (Lipinski definition) is 4. The Balaban J connectivity index is 1.67. The molecule has 2 aliphatic rings. The lowest BCUT2D eigenvalue weighted by atomic mass is 9.96. The van der Waals surface area contributed by atoms with E-state index in [0.29, 0.717) is 13.0 Å². The molecule has 3 rings (SSSR count). The van der Waals surface area contributed by atoms with E-state index < -0.39 is 0 Å². The SMILES string of the molecule is NCC(Cc1ccc2c(c1)OCO2)C(=O)N1CCCCC1. The quantitative estimate of drug-likeness (QED) is 0.913. The van der Waals surface area contributed by atoms with Crippen molar-refractivity contribution in [1.82, 2.24) is 4.90 Å². The van der Waals surface area contributed by atoms with Crippen LogP contribution in [-0.2, 0) is 11.2 Å². The number of nitrogens with two attached hydrogens (primary N) is 1. The number of nitrogens with zero attached hydrogens (tertiary/aromatic N) is 1. The standard InChI is InChI=1S/C16H22N2O3/c17-10-13(16(19)18-6-2-1-3-7-18)8-12-4-5-14-15(9-12)21-11-20-14/h4-5,9,13H,1-3,6-8,10-11,17H2. The highest BCUT2D eigenvalue weighted by molar-refractivity contribution is 5.79. The third kappa shape index (κ3) is 3.13. The highest BCUT2D eigenvalue weighted by Crippen LogP contribution is 2.33. The van der Waals surface area contributed by atoms with E-state index in [2.05, 4.69) is 0 Å². The minimum absolute atomic E-state index is 0.150. The molecule has 1 saturated heterocycles. The average Bonchev–Trinajstić information content (AvgIpc) is 3.00. The monoisotopic (exact) mass is 290 g/mol. The predicted octanol–water partition coefficient (Wildman–Crippen LogP) is 1.55. The van der Waals surface area contributed by atoms with Gasteiger partial charge in [-0.25, -0.2) is 0 Å². The van der Waals surface area contributed by atoms with Gasteiger partial charge in [0, 0.05) is 19.6 Å². The Labute approximate surface area is 125 Å². The first-order chi connectivity index (χ1) is 10.3. The van der Waals surface area contributed by atoms with E-state index in [-0.39, 0.29) is 18.6 Å². The van der Waals surface area contributed by atoms with Gasteiger partial charge in [-0.3, -0.25) is 4.79 Å². The van der Waals surface area contributed by atoms with Gasteiger partial charge in [0.25, 0.3) is 0 Å². The number of rotatable bonds is 4. The normalized spacial score (nSPS) is 18.6. The third-order valence-electron chi connectivity index (χ3n) is 4.22. The summed E-state index contributed by atoms with van der Waals surface area (Å²) in [5, 5.41) is 0. The van der Waals surface area contributed by atoms with Gasteiger partial charge in [-0.1, -0.05) is 6.07 Å². The number of hydrogen-bond donors (Lipinski definition) is 1. The maximum Gasteiger partial charge on any atom is 0.231 e. The fourth-order valence-corrected chi connectivity index (χ4v) is 3.00. The van der Waals surface area contributed by atoms with Gasteiger partial charge in [0.05, 0.1) is 5.92 Å². The van der Waals surface area contributed by atoms with E-state index in [9.17, 15) is 4.79 Å². The molecule has 1 fully saturated rings. The number of benzene rings is 1. The van der Waals surface area contributed by atoms with Crippen molar-refractivity contribution in [3.8, 4) is 11.5 Å². The molecular weight excluding hydrogens is 268 g/mol. The van der Waals surface area contributed by atoms with E-state index in [1.807, 2.05) is 23.1 Å². The van der Waals surface area contributed by atoms with Crippen LogP contribution in [0.1, 0.15) is 24.8 Å². The minimum atomic E-state index is -0.150. The van der Waals surface area contributed by atoms with E-state index in [1.165, 1.54) is 6.42 Å². The summed E-state index contributed by atoms with van der Waals surface area (Å²) in [7, 11) is 0. The third-order valence-corrected chi connectivity index (χ3v) is 4.22. The van der Waals surface area contributed by atoms with Crippen LogP contribution in [0, 0.1) is 5.92 Å². The van der Waals surface area contributed by atoms with Crippen LogP contribution in [0.15, 0.2) is 18.2 Å². The number of likely N-dealkylation sites (tertiary alicyclic amines) is 1. The van der Waals surface area contributed by atoms with E-state index in [0.717, 1.165) is 43.0 Å². The number of carbonyl (C=O) groups excluding carboxylic acids is 1. The molecule has 2 aliphatic heterocycles. The summed E-state index contributed by atoms with van der Waals surface area (Å²) in [5.41, 5.74) is 6.91. The first-order valence-corrected chi connectivity index (χ1v) is 7.65. The summed E-state index contributed by atoms with van der Waals surface area (Å²) in [5.74, 6) is 1.57. The molecule has 1 aromatic carbocycles. The molecule has 0 aliphatic carbocycles. The Kier molecular flexibility index (Phi) is 4.29. The van der Waals surface area contributed by atoms with Gasteiger partial charge in [-0.05, 0) is 43.4 Å². The predicted molar refractivity (Wildman–Crippen MR) is 79.2 cm³/mol. The number of amides is 1. The molecule has 114 valence electrons. The van der Waals surface area contributed by atoms with E-state index >= 15 is 0 Å². The molecule has 1 amide bonds. The summed E-state index contributed by atoms with van der Waals surface area (Å²) < 4.78 is 10.7. The second kappa shape index (κ2) is 6.35. The van der Waals surface area contributed by atoms with Gasteiger partial charge in [0.15, 0.2) is 11.5 Å². The summed E-state index contributed by atoms with van der Waals surface area (Å²) >= 11 is 0. The molecule has 0 aromatic heterocycles. The average molecular weight is 290 g/mol. The highest BCUT2D eigenvalue weighted by Gasteiger charge is 2.25. The largest absolute Gasteiger partial charge is 0.454 e. The molecule has 0 spiro atoms. The molecule has 2 heterocycles. The van der Waals surface area contributed by atoms with Gasteiger partial charge >= 0.3 is 0 Å². The van der Waals surface area contributed by atoms with Gasteiger partial charge < -0.3 is 20.1 Å². The lowest BCUT2D eigenvalue weighted by molar-refractivity contribution is -0.136. The maximum absolute atomic E-state index is 12.6. The molecule has 0 bridgehead atoms. The van der Waals surface area contributed by atoms with E-state index in [1.54, 1.807) is 0 Å². The molecule has 1 atom stereocenters. The van der Waals surface area contributed by atoms with Gasteiger partial charge in [0.1, 0.15) is 0 Å². The van der Waals surface area contributed by atoms with Gasteiger partial charge in [-0.15, -0.1) is 0 Å². The lowest BCUT2D eigenvalue weighted by Gasteiger charge is -2.30. The Bertz CT molecular complexity index is 512. The molecular formula is C16H22N2O3. The first-order valence-electron chi connectivity index (χ1n) is 7.65. The summed E-state index contributed by atoms with van der Waals surface area (Å²) in [4.78, 5) is 14.5. The maximum atomic E-state index is 12.6. The molecule has 5 nitrogen and oxygen atoms in total. The van der Waals surface area contributed by atoms with E-state index in [4.69, 9.17) is 15.2 Å². The highest BCUT2D eigenvalue weighted by atomic mass is 16.7. The van der Waals surface area contributed by atoms with Crippen molar-refractivity contribution in [3.63, 3.8) is 0 Å². The zero-order valence-corrected chi connectivity index (χ0v) is 12.2. The molecule has 2 N–H and O–H groups in total. The Hall–Kier alpha value is -1.75. The van der Waals surface area contributed by atoms with Crippen molar-refractivity contribution < 1.29 is 14.3 Å². The number of ether oxygens (including phenoxy) is 2. The van der Waals surface area contributed by atoms with Crippen LogP contribution < -0.4 is 15.2 Å². The Morgan fingerprint density at radius 1 is 1.19 bits per heavy atom. The summed E-state index contributed by atoms with van der Waals surface area (Å²) in [6.07, 6.45) is 4.09. The van der Waals surface area contributed by atoms with Crippen LogP contribution in [0.25, 0.3) is 0 Å². The van der Waals surface area contributed by atoms with Crippen molar-refractivity contribution in [2.45, 2.75) is 25.7 Å². The fourth-order valence-electron chi connectivity index (χ4n) is 3.00. The zero-order chi connectivity index (χ0) is 14.7. The van der Waals surface area contributed by atoms with Crippen molar-refractivity contribution in [2.75, 3.05) is 26.4 Å². The van der Waals surface area contributed by atoms with Crippen LogP contribution in [0.2, 0.25) is 0 Å². The molecule has 5 heteroatoms.